The Labute approximate surface area is 126 Å². The number of aliphatic hydroxyl groups excluding tert-OH is 4. The summed E-state index contributed by atoms with van der Waals surface area (Å²) in [7, 11) is 0. The molecule has 0 bridgehead atoms. The van der Waals surface area contributed by atoms with Gasteiger partial charge in [0.2, 0.25) is 0 Å². The Bertz CT molecular complexity index is 618. The zero-order valence-electron chi connectivity index (χ0n) is 11.6. The highest BCUT2D eigenvalue weighted by molar-refractivity contribution is 5.57. The highest BCUT2D eigenvalue weighted by atomic mass is 16.6. The van der Waals surface area contributed by atoms with Crippen LogP contribution in [0.25, 0.3) is 11.3 Å². The average molecular weight is 307 g/mol. The fourth-order valence-electron chi connectivity index (χ4n) is 2.44. The molecule has 8 heteroatoms. The van der Waals surface area contributed by atoms with E-state index < -0.39 is 37.3 Å². The van der Waals surface area contributed by atoms with Crippen molar-refractivity contribution in [3.8, 4) is 11.3 Å². The van der Waals surface area contributed by atoms with Crippen LogP contribution in [0.3, 0.4) is 0 Å². The van der Waals surface area contributed by atoms with E-state index in [1.807, 2.05) is 30.3 Å². The van der Waals surface area contributed by atoms with Crippen LogP contribution >= 0.6 is 0 Å². The van der Waals surface area contributed by atoms with Crippen LogP contribution in [0.15, 0.2) is 36.5 Å². The van der Waals surface area contributed by atoms with Gasteiger partial charge >= 0.3 is 0 Å². The third kappa shape index (κ3) is 2.62. The first kappa shape index (κ1) is 15.1. The third-order valence-corrected chi connectivity index (χ3v) is 3.71. The lowest BCUT2D eigenvalue weighted by Crippen LogP contribution is -2.56. The largest absolute Gasteiger partial charge is 0.394 e. The van der Waals surface area contributed by atoms with Gasteiger partial charge in [0.15, 0.2) is 6.23 Å². The summed E-state index contributed by atoms with van der Waals surface area (Å²) in [4.78, 5) is 0. The van der Waals surface area contributed by atoms with Crippen LogP contribution in [0.4, 0.5) is 0 Å². The van der Waals surface area contributed by atoms with E-state index in [4.69, 9.17) is 4.74 Å². The molecule has 8 nitrogen and oxygen atoms in total. The van der Waals surface area contributed by atoms with Crippen molar-refractivity contribution < 1.29 is 25.2 Å². The van der Waals surface area contributed by atoms with Crippen molar-refractivity contribution in [1.29, 1.82) is 0 Å². The fourth-order valence-corrected chi connectivity index (χ4v) is 2.44. The number of nitrogens with zero attached hydrogens (tertiary/aromatic N) is 3. The van der Waals surface area contributed by atoms with Gasteiger partial charge in [0.1, 0.15) is 30.1 Å². The molecule has 5 atom stereocenters. The first-order valence-corrected chi connectivity index (χ1v) is 6.89. The smallest absolute Gasteiger partial charge is 0.180 e. The van der Waals surface area contributed by atoms with Gasteiger partial charge in [-0.3, -0.25) is 0 Å². The van der Waals surface area contributed by atoms with Gasteiger partial charge in [-0.05, 0) is 0 Å². The van der Waals surface area contributed by atoms with E-state index in [2.05, 4.69) is 10.3 Å². The molecule has 3 rings (SSSR count). The van der Waals surface area contributed by atoms with E-state index in [0.29, 0.717) is 5.69 Å². The van der Waals surface area contributed by atoms with Crippen LogP contribution in [0.1, 0.15) is 6.23 Å². The summed E-state index contributed by atoms with van der Waals surface area (Å²) in [5.41, 5.74) is 1.43. The molecule has 2 heterocycles. The molecule has 2 aromatic rings. The molecule has 1 aliphatic rings. The number of hydrogen-bond acceptors (Lipinski definition) is 7. The predicted octanol–water partition coefficient (Wildman–Crippen LogP) is -1.08. The molecule has 0 saturated carbocycles. The second kappa shape index (κ2) is 6.11. The lowest BCUT2D eigenvalue weighted by atomic mass is 9.98. The molecular weight excluding hydrogens is 290 g/mol. The van der Waals surface area contributed by atoms with E-state index in [1.54, 1.807) is 6.20 Å². The van der Waals surface area contributed by atoms with E-state index >= 15 is 0 Å². The molecule has 1 saturated heterocycles. The maximum absolute atomic E-state index is 10.0. The van der Waals surface area contributed by atoms with Crippen molar-refractivity contribution in [3.05, 3.63) is 36.5 Å². The average Bonchev–Trinajstić information content (AvgIpc) is 3.04. The zero-order chi connectivity index (χ0) is 15.7. The van der Waals surface area contributed by atoms with Crippen LogP contribution in [-0.2, 0) is 4.74 Å². The van der Waals surface area contributed by atoms with Gasteiger partial charge in [-0.15, -0.1) is 5.10 Å². The van der Waals surface area contributed by atoms with Gasteiger partial charge in [0.05, 0.1) is 12.8 Å². The van der Waals surface area contributed by atoms with Crippen LogP contribution in [0, 0.1) is 0 Å². The zero-order valence-corrected chi connectivity index (χ0v) is 11.6. The van der Waals surface area contributed by atoms with Gasteiger partial charge in [-0.25, -0.2) is 4.68 Å². The summed E-state index contributed by atoms with van der Waals surface area (Å²) in [6.45, 7) is -0.484. The van der Waals surface area contributed by atoms with E-state index in [0.717, 1.165) is 5.56 Å². The summed E-state index contributed by atoms with van der Waals surface area (Å²) in [5.74, 6) is 0. The molecule has 1 aromatic heterocycles. The van der Waals surface area contributed by atoms with Gasteiger partial charge in [0, 0.05) is 5.56 Å². The van der Waals surface area contributed by atoms with Crippen LogP contribution < -0.4 is 0 Å². The van der Waals surface area contributed by atoms with Crippen LogP contribution in [0.5, 0.6) is 0 Å². The maximum atomic E-state index is 10.0. The number of aliphatic hydroxyl groups is 4. The first-order chi connectivity index (χ1) is 10.6. The molecule has 118 valence electrons. The molecule has 1 aromatic carbocycles. The van der Waals surface area contributed by atoms with Crippen molar-refractivity contribution in [2.45, 2.75) is 30.6 Å². The second-order valence-corrected chi connectivity index (χ2v) is 5.17. The van der Waals surface area contributed by atoms with Crippen molar-refractivity contribution in [2.24, 2.45) is 0 Å². The van der Waals surface area contributed by atoms with E-state index in [-0.39, 0.29) is 0 Å². The Balaban J connectivity index is 1.86. The van der Waals surface area contributed by atoms with E-state index in [1.165, 1.54) is 4.68 Å². The lowest BCUT2D eigenvalue weighted by Gasteiger charge is -2.39. The van der Waals surface area contributed by atoms with Crippen molar-refractivity contribution in [2.75, 3.05) is 6.61 Å². The van der Waals surface area contributed by atoms with Crippen molar-refractivity contribution >= 4 is 0 Å². The van der Waals surface area contributed by atoms with Gasteiger partial charge in [-0.1, -0.05) is 35.5 Å². The van der Waals surface area contributed by atoms with Gasteiger partial charge in [0.25, 0.3) is 0 Å². The van der Waals surface area contributed by atoms with Crippen molar-refractivity contribution in [3.63, 3.8) is 0 Å². The second-order valence-electron chi connectivity index (χ2n) is 5.17. The number of hydrogen-bond donors (Lipinski definition) is 4. The molecule has 0 spiro atoms. The third-order valence-electron chi connectivity index (χ3n) is 3.71. The highest BCUT2D eigenvalue weighted by Crippen LogP contribution is 2.28. The quantitative estimate of drug-likeness (QED) is 0.569. The molecular formula is C14H17N3O5. The lowest BCUT2D eigenvalue weighted by molar-refractivity contribution is -0.254. The minimum absolute atomic E-state index is 0.484. The molecule has 0 radical (unpaired) electrons. The Morgan fingerprint density at radius 2 is 1.77 bits per heavy atom. The SMILES string of the molecule is OC[C@@H]1O[C@@H](n2cc(-c3ccccc3)nn2)[C@@H](O)[C@@H](O)[C@H]1O. The predicted molar refractivity (Wildman–Crippen MR) is 74.5 cm³/mol. The molecule has 1 fully saturated rings. The maximum Gasteiger partial charge on any atom is 0.180 e. The number of ether oxygens (including phenoxy) is 1. The summed E-state index contributed by atoms with van der Waals surface area (Å²) in [6, 6.07) is 9.33. The molecule has 22 heavy (non-hydrogen) atoms. The summed E-state index contributed by atoms with van der Waals surface area (Å²) in [5, 5.41) is 46.7. The Morgan fingerprint density at radius 3 is 2.45 bits per heavy atom. The highest BCUT2D eigenvalue weighted by Gasteiger charge is 2.44. The first-order valence-electron chi connectivity index (χ1n) is 6.89. The normalized spacial score (nSPS) is 32.1. The number of benzene rings is 1. The molecule has 0 amide bonds. The van der Waals surface area contributed by atoms with Crippen molar-refractivity contribution in [1.82, 2.24) is 15.0 Å². The summed E-state index contributed by atoms with van der Waals surface area (Å²) >= 11 is 0. The Hall–Kier alpha value is -1.84. The van der Waals surface area contributed by atoms with Crippen LogP contribution in [0.2, 0.25) is 0 Å². The molecule has 4 N–H and O–H groups in total. The fraction of sp³-hybridized carbons (Fsp3) is 0.429. The molecule has 1 aliphatic heterocycles. The van der Waals surface area contributed by atoms with Gasteiger partial charge in [-0.2, -0.15) is 0 Å². The minimum atomic E-state index is -1.44. The monoisotopic (exact) mass is 307 g/mol. The van der Waals surface area contributed by atoms with E-state index in [9.17, 15) is 20.4 Å². The van der Waals surface area contributed by atoms with Gasteiger partial charge < -0.3 is 25.2 Å². The van der Waals surface area contributed by atoms with Crippen LogP contribution in [-0.4, -0.2) is 66.4 Å². The summed E-state index contributed by atoms with van der Waals surface area (Å²) in [6.07, 6.45) is -4.67. The number of aromatic nitrogens is 3. The minimum Gasteiger partial charge on any atom is -0.394 e. The number of rotatable bonds is 3. The summed E-state index contributed by atoms with van der Waals surface area (Å²) < 4.78 is 6.68. The molecule has 0 aliphatic carbocycles. The molecule has 0 unspecified atom stereocenters. The Morgan fingerprint density at radius 1 is 1.05 bits per heavy atom. The Kier molecular flexibility index (Phi) is 4.19. The standard InChI is InChI=1S/C14H17N3O5/c18-7-10-11(19)12(20)13(21)14(22-10)17-6-9(15-16-17)8-4-2-1-3-5-8/h1-6,10-14,18-21H,7H2/t10-,11-,12-,13-,14+/m0/s1. The topological polar surface area (TPSA) is 121 Å².